The fraction of sp³-hybridized carbons (Fsp3) is 0.0526. The predicted molar refractivity (Wildman–Crippen MR) is 114 cm³/mol. The van der Waals surface area contributed by atoms with Gasteiger partial charge in [-0.15, -0.1) is 0 Å². The molecule has 1 atom stereocenters. The number of aromatic hydroxyl groups is 2. The van der Waals surface area contributed by atoms with Crippen LogP contribution in [-0.2, 0) is 14.9 Å². The number of halogens is 4. The molecule has 0 heterocycles. The molecule has 0 aromatic heterocycles. The summed E-state index contributed by atoms with van der Waals surface area (Å²) in [4.78, 5) is 0. The Morgan fingerprint density at radius 3 is 1.93 bits per heavy atom. The quantitative estimate of drug-likeness (QED) is 0.311. The van der Waals surface area contributed by atoms with Gasteiger partial charge in [0.25, 0.3) is 10.1 Å². The molecule has 0 aliphatic rings. The summed E-state index contributed by atoms with van der Waals surface area (Å²) in [6.45, 7) is 0. The summed E-state index contributed by atoms with van der Waals surface area (Å²) < 4.78 is 33.9. The second kappa shape index (κ2) is 7.87. The van der Waals surface area contributed by atoms with Gasteiger partial charge in [0.1, 0.15) is 11.5 Å². The molecule has 3 aromatic carbocycles. The van der Waals surface area contributed by atoms with Gasteiger partial charge in [-0.05, 0) is 42.0 Å². The Hall–Kier alpha value is -1.67. The summed E-state index contributed by atoms with van der Waals surface area (Å²) in [6.07, 6.45) is 0. The first-order valence-electron chi connectivity index (χ1n) is 7.89. The van der Waals surface area contributed by atoms with E-state index >= 15 is 0 Å². The van der Waals surface area contributed by atoms with Gasteiger partial charge >= 0.3 is 0 Å². The molecule has 3 aromatic rings. The largest absolute Gasteiger partial charge is 0.508 e. The average Bonchev–Trinajstić information content (AvgIpc) is 2.62. The third-order valence-corrected chi connectivity index (χ3v) is 7.11. The first kappa shape index (κ1) is 22.0. The van der Waals surface area contributed by atoms with Crippen molar-refractivity contribution in [3.8, 4) is 11.5 Å². The lowest BCUT2D eigenvalue weighted by molar-refractivity contribution is 0.439. The van der Waals surface area contributed by atoms with Gasteiger partial charge in [0, 0.05) is 27.2 Å². The highest BCUT2D eigenvalue weighted by Gasteiger charge is 2.51. The number of rotatable bonds is 4. The minimum absolute atomic E-state index is 0.0227. The van der Waals surface area contributed by atoms with E-state index < -0.39 is 26.4 Å². The summed E-state index contributed by atoms with van der Waals surface area (Å²) in [7, 11) is -5.11. The Morgan fingerprint density at radius 1 is 0.759 bits per heavy atom. The van der Waals surface area contributed by atoms with E-state index in [2.05, 4.69) is 0 Å². The van der Waals surface area contributed by atoms with Crippen LogP contribution in [0.5, 0.6) is 11.5 Å². The molecule has 3 N–H and O–H groups in total. The molecule has 3 rings (SSSR count). The van der Waals surface area contributed by atoms with Crippen molar-refractivity contribution in [1.82, 2.24) is 0 Å². The van der Waals surface area contributed by atoms with Gasteiger partial charge in [-0.3, -0.25) is 4.55 Å². The number of phenolic OH excluding ortho intramolecular Hbond substituents is 2. The Bertz CT molecular complexity index is 1200. The average molecular weight is 494 g/mol. The second-order valence-electron chi connectivity index (χ2n) is 6.11. The standard InChI is InChI=1S/C19H12Cl4O5S/c20-11-3-1-10(2-4-11)19(29(26,27)28,14-7-12(21)5-6-17(14)25)15-8-13(24)9-16(22)18(15)23/h1-9,24-25H,(H,26,27,28). The smallest absolute Gasteiger partial charge is 0.283 e. The van der Waals surface area contributed by atoms with Crippen LogP contribution in [0.1, 0.15) is 16.7 Å². The van der Waals surface area contributed by atoms with E-state index in [1.54, 1.807) is 0 Å². The van der Waals surface area contributed by atoms with Crippen molar-refractivity contribution < 1.29 is 23.2 Å². The molecule has 0 bridgehead atoms. The summed E-state index contributed by atoms with van der Waals surface area (Å²) in [5.41, 5.74) is -0.601. The fourth-order valence-corrected chi connectivity index (χ4v) is 5.32. The third-order valence-electron chi connectivity index (χ3n) is 4.37. The van der Waals surface area contributed by atoms with Crippen LogP contribution in [0, 0.1) is 0 Å². The second-order valence-corrected chi connectivity index (χ2v) is 9.33. The topological polar surface area (TPSA) is 94.8 Å². The third kappa shape index (κ3) is 3.77. The van der Waals surface area contributed by atoms with Crippen molar-refractivity contribution in [3.63, 3.8) is 0 Å². The molecule has 0 fully saturated rings. The van der Waals surface area contributed by atoms with Crippen molar-refractivity contribution >= 4 is 56.5 Å². The van der Waals surface area contributed by atoms with Crippen molar-refractivity contribution in [2.75, 3.05) is 0 Å². The SMILES string of the molecule is O=S(=O)(O)C(c1ccc(Cl)cc1)(c1cc(Cl)ccc1O)c1cc(O)cc(Cl)c1Cl. The molecule has 5 nitrogen and oxygen atoms in total. The monoisotopic (exact) mass is 492 g/mol. The fourth-order valence-electron chi connectivity index (χ4n) is 3.19. The maximum atomic E-state index is 13.0. The lowest BCUT2D eigenvalue weighted by atomic mass is 9.83. The maximum Gasteiger partial charge on any atom is 0.283 e. The minimum atomic E-state index is -5.11. The molecule has 0 spiro atoms. The summed E-state index contributed by atoms with van der Waals surface area (Å²) in [5, 5.41) is 20.6. The zero-order valence-electron chi connectivity index (χ0n) is 14.3. The van der Waals surface area contributed by atoms with Crippen molar-refractivity contribution in [1.29, 1.82) is 0 Å². The van der Waals surface area contributed by atoms with Crippen molar-refractivity contribution in [3.05, 3.63) is 91.4 Å². The Kier molecular flexibility index (Phi) is 5.98. The van der Waals surface area contributed by atoms with E-state index in [1.807, 2.05) is 0 Å². The number of phenols is 2. The molecular weight excluding hydrogens is 482 g/mol. The molecule has 0 amide bonds. The van der Waals surface area contributed by atoms with E-state index in [1.165, 1.54) is 42.5 Å². The molecule has 0 saturated carbocycles. The van der Waals surface area contributed by atoms with Crippen LogP contribution >= 0.6 is 46.4 Å². The van der Waals surface area contributed by atoms with E-state index in [4.69, 9.17) is 46.4 Å². The highest BCUT2D eigenvalue weighted by Crippen LogP contribution is 2.51. The van der Waals surface area contributed by atoms with Crippen LogP contribution in [-0.4, -0.2) is 23.2 Å². The maximum absolute atomic E-state index is 13.0. The van der Waals surface area contributed by atoms with E-state index in [-0.39, 0.29) is 31.8 Å². The van der Waals surface area contributed by atoms with E-state index in [0.717, 1.165) is 12.1 Å². The van der Waals surface area contributed by atoms with Gasteiger partial charge in [0.05, 0.1) is 10.0 Å². The Labute approximate surface area is 186 Å². The highest BCUT2D eigenvalue weighted by molar-refractivity contribution is 7.87. The number of hydrogen-bond acceptors (Lipinski definition) is 4. The molecule has 1 unspecified atom stereocenters. The van der Waals surface area contributed by atoms with Crippen LogP contribution in [0.15, 0.2) is 54.6 Å². The lowest BCUT2D eigenvalue weighted by Crippen LogP contribution is -2.38. The molecule has 10 heteroatoms. The van der Waals surface area contributed by atoms with Gasteiger partial charge in [0.2, 0.25) is 0 Å². The van der Waals surface area contributed by atoms with Crippen LogP contribution in [0.25, 0.3) is 0 Å². The van der Waals surface area contributed by atoms with Crippen molar-refractivity contribution in [2.45, 2.75) is 4.75 Å². The summed E-state index contributed by atoms with van der Waals surface area (Å²) in [5.74, 6) is -0.893. The lowest BCUT2D eigenvalue weighted by Gasteiger charge is -2.34. The number of hydrogen-bond donors (Lipinski definition) is 3. The minimum Gasteiger partial charge on any atom is -0.508 e. The van der Waals surface area contributed by atoms with Crippen LogP contribution in [0.4, 0.5) is 0 Å². The van der Waals surface area contributed by atoms with Crippen molar-refractivity contribution in [2.24, 2.45) is 0 Å². The van der Waals surface area contributed by atoms with Gasteiger partial charge < -0.3 is 10.2 Å². The Morgan fingerprint density at radius 2 is 1.34 bits per heavy atom. The van der Waals surface area contributed by atoms with Gasteiger partial charge in [0.15, 0.2) is 4.75 Å². The first-order chi connectivity index (χ1) is 13.5. The van der Waals surface area contributed by atoms with Crippen LogP contribution in [0.2, 0.25) is 20.1 Å². The van der Waals surface area contributed by atoms with Gasteiger partial charge in [-0.1, -0.05) is 58.5 Å². The van der Waals surface area contributed by atoms with Crippen LogP contribution in [0.3, 0.4) is 0 Å². The van der Waals surface area contributed by atoms with E-state index in [9.17, 15) is 23.2 Å². The normalized spacial score (nSPS) is 13.8. The van der Waals surface area contributed by atoms with Gasteiger partial charge in [-0.2, -0.15) is 8.42 Å². The molecule has 0 aliphatic heterocycles. The summed E-state index contributed by atoms with van der Waals surface area (Å²) >= 11 is 24.4. The summed E-state index contributed by atoms with van der Waals surface area (Å²) in [6, 6.07) is 11.3. The number of benzene rings is 3. The van der Waals surface area contributed by atoms with E-state index in [0.29, 0.717) is 5.02 Å². The highest BCUT2D eigenvalue weighted by atomic mass is 35.5. The molecule has 152 valence electrons. The van der Waals surface area contributed by atoms with Crippen LogP contribution < -0.4 is 0 Å². The molecular formula is C19H12Cl4O5S. The predicted octanol–water partition coefficient (Wildman–Crippen LogP) is 5.89. The first-order valence-corrected chi connectivity index (χ1v) is 10.8. The van der Waals surface area contributed by atoms with Gasteiger partial charge in [-0.25, -0.2) is 0 Å². The zero-order valence-corrected chi connectivity index (χ0v) is 18.1. The Balaban J connectivity index is 2.63. The molecule has 29 heavy (non-hydrogen) atoms. The molecule has 0 saturated heterocycles. The molecule has 0 radical (unpaired) electrons. The molecule has 0 aliphatic carbocycles. The zero-order chi connectivity index (χ0) is 21.6.